The number of anilines is 2. The number of nitrogens with one attached hydrogen (secondary N) is 1. The lowest BCUT2D eigenvalue weighted by atomic mass is 10.0. The molecule has 0 saturated heterocycles. The van der Waals surface area contributed by atoms with Crippen LogP contribution in [0.4, 0.5) is 11.9 Å². The number of aryl methyl sites for hydroxylation is 2. The van der Waals surface area contributed by atoms with Crippen LogP contribution in [0.3, 0.4) is 0 Å². The molecule has 0 bridgehead atoms. The molecular formula is C24H26N8O4. The molecule has 4 N–H and O–H groups in total. The summed E-state index contributed by atoms with van der Waals surface area (Å²) >= 11 is 0. The van der Waals surface area contributed by atoms with Crippen molar-refractivity contribution in [3.8, 4) is 22.8 Å². The van der Waals surface area contributed by atoms with E-state index in [1.165, 1.54) is 12.4 Å². The Morgan fingerprint density at radius 1 is 1.08 bits per heavy atom. The third kappa shape index (κ3) is 5.08. The number of likely N-dealkylation sites (N-methyl/N-ethyl adjacent to an activating group) is 1. The maximum atomic E-state index is 11.5. The molecule has 0 atom stereocenters. The van der Waals surface area contributed by atoms with Gasteiger partial charge in [0.1, 0.15) is 17.9 Å². The van der Waals surface area contributed by atoms with Crippen LogP contribution in [0, 0.1) is 13.8 Å². The Morgan fingerprint density at radius 3 is 2.50 bits per heavy atom. The van der Waals surface area contributed by atoms with Crippen LogP contribution < -0.4 is 25.6 Å². The number of ether oxygens (including phenoxy) is 2. The first-order valence-corrected chi connectivity index (χ1v) is 11.0. The first kappa shape index (κ1) is 24.5. The number of aromatic nitrogens is 5. The standard InChI is InChI=1S/C24H26N8O4/c1-13-7-16(10-26-22(13)35-4)15-8-18-14(2)29-23(25)30-20(18)19(9-15)36-6-5-32(3)24-27-11-17(12-28-24)21(33)31-34/h7-12,34H,5-6H2,1-4H3,(H,31,33)(H2,25,29,30). The molecule has 3 aromatic heterocycles. The molecule has 0 aliphatic rings. The van der Waals surface area contributed by atoms with Crippen LogP contribution >= 0.6 is 0 Å². The zero-order chi connectivity index (χ0) is 25.8. The molecule has 3 heterocycles. The van der Waals surface area contributed by atoms with Crippen LogP contribution in [0.1, 0.15) is 21.6 Å². The fourth-order valence-corrected chi connectivity index (χ4v) is 3.67. The average Bonchev–Trinajstić information content (AvgIpc) is 2.88. The number of nitrogens with zero attached hydrogens (tertiary/aromatic N) is 6. The smallest absolute Gasteiger partial charge is 0.277 e. The molecule has 0 radical (unpaired) electrons. The number of carbonyl (C=O) groups excluding carboxylic acids is 1. The highest BCUT2D eigenvalue weighted by Crippen LogP contribution is 2.34. The van der Waals surface area contributed by atoms with E-state index in [1.54, 1.807) is 30.7 Å². The number of nitrogen functional groups attached to an aromatic ring is 1. The maximum Gasteiger partial charge on any atom is 0.277 e. The molecule has 186 valence electrons. The summed E-state index contributed by atoms with van der Waals surface area (Å²) in [5, 5.41) is 9.54. The van der Waals surface area contributed by atoms with Crippen molar-refractivity contribution in [2.24, 2.45) is 0 Å². The van der Waals surface area contributed by atoms with Crippen molar-refractivity contribution in [1.82, 2.24) is 30.4 Å². The van der Waals surface area contributed by atoms with E-state index in [1.807, 2.05) is 32.0 Å². The van der Waals surface area contributed by atoms with Crippen molar-refractivity contribution < 1.29 is 19.5 Å². The van der Waals surface area contributed by atoms with Crippen LogP contribution in [-0.2, 0) is 0 Å². The molecular weight excluding hydrogens is 464 g/mol. The van der Waals surface area contributed by atoms with Crippen LogP contribution in [-0.4, -0.2) is 63.3 Å². The zero-order valence-corrected chi connectivity index (χ0v) is 20.3. The number of amides is 1. The van der Waals surface area contributed by atoms with Crippen LogP contribution in [0.2, 0.25) is 0 Å². The Labute approximate surface area is 207 Å². The minimum atomic E-state index is -0.682. The summed E-state index contributed by atoms with van der Waals surface area (Å²) < 4.78 is 11.4. The summed E-state index contributed by atoms with van der Waals surface area (Å²) in [7, 11) is 3.39. The maximum absolute atomic E-state index is 11.5. The van der Waals surface area contributed by atoms with Crippen LogP contribution in [0.15, 0.2) is 36.8 Å². The van der Waals surface area contributed by atoms with E-state index in [4.69, 9.17) is 20.4 Å². The summed E-state index contributed by atoms with van der Waals surface area (Å²) in [6.45, 7) is 4.54. The van der Waals surface area contributed by atoms with Gasteiger partial charge in [-0.15, -0.1) is 0 Å². The number of hydrogen-bond donors (Lipinski definition) is 3. The third-order valence-corrected chi connectivity index (χ3v) is 5.56. The lowest BCUT2D eigenvalue weighted by molar-refractivity contribution is 0.0705. The van der Waals surface area contributed by atoms with Crippen molar-refractivity contribution >= 4 is 28.7 Å². The number of rotatable bonds is 8. The van der Waals surface area contributed by atoms with Gasteiger partial charge in [0.2, 0.25) is 17.8 Å². The fraction of sp³-hybridized carbons (Fsp3) is 0.250. The largest absolute Gasteiger partial charge is 0.489 e. The van der Waals surface area contributed by atoms with E-state index >= 15 is 0 Å². The van der Waals surface area contributed by atoms with Crippen molar-refractivity contribution in [2.75, 3.05) is 37.9 Å². The highest BCUT2D eigenvalue weighted by Gasteiger charge is 2.15. The highest BCUT2D eigenvalue weighted by molar-refractivity contribution is 5.93. The van der Waals surface area contributed by atoms with Gasteiger partial charge < -0.3 is 20.1 Å². The molecule has 36 heavy (non-hydrogen) atoms. The monoisotopic (exact) mass is 490 g/mol. The number of hydroxylamine groups is 1. The number of benzene rings is 1. The van der Waals surface area contributed by atoms with E-state index in [9.17, 15) is 4.79 Å². The van der Waals surface area contributed by atoms with Gasteiger partial charge in [-0.1, -0.05) is 0 Å². The Bertz CT molecular complexity index is 1410. The van der Waals surface area contributed by atoms with Gasteiger partial charge in [-0.3, -0.25) is 10.0 Å². The molecule has 1 amide bonds. The Balaban J connectivity index is 1.59. The van der Waals surface area contributed by atoms with Crippen LogP contribution in [0.5, 0.6) is 11.6 Å². The second-order valence-electron chi connectivity index (χ2n) is 8.07. The minimum Gasteiger partial charge on any atom is -0.489 e. The molecule has 0 spiro atoms. The van der Waals surface area contributed by atoms with Gasteiger partial charge in [-0.05, 0) is 37.6 Å². The summed E-state index contributed by atoms with van der Waals surface area (Å²) in [6, 6.07) is 5.88. The second kappa shape index (κ2) is 10.4. The topological polar surface area (TPSA) is 162 Å². The molecule has 1 aromatic carbocycles. The number of hydrogen-bond acceptors (Lipinski definition) is 11. The van der Waals surface area contributed by atoms with E-state index in [0.717, 1.165) is 27.8 Å². The fourth-order valence-electron chi connectivity index (χ4n) is 3.67. The predicted molar refractivity (Wildman–Crippen MR) is 133 cm³/mol. The molecule has 0 aliphatic carbocycles. The first-order chi connectivity index (χ1) is 17.3. The molecule has 0 fully saturated rings. The van der Waals surface area contributed by atoms with Crippen LogP contribution in [0.25, 0.3) is 22.0 Å². The Hall–Kier alpha value is -4.58. The van der Waals surface area contributed by atoms with E-state index < -0.39 is 5.91 Å². The summed E-state index contributed by atoms with van der Waals surface area (Å²) in [6.07, 6.45) is 4.40. The summed E-state index contributed by atoms with van der Waals surface area (Å²) in [5.41, 5.74) is 11.7. The van der Waals surface area contributed by atoms with E-state index in [2.05, 4.69) is 24.9 Å². The van der Waals surface area contributed by atoms with Crippen molar-refractivity contribution in [2.45, 2.75) is 13.8 Å². The van der Waals surface area contributed by atoms with Gasteiger partial charge in [0.05, 0.1) is 24.9 Å². The number of carbonyl (C=O) groups is 1. The van der Waals surface area contributed by atoms with Gasteiger partial charge in [-0.2, -0.15) is 0 Å². The number of fused-ring (bicyclic) bond motifs is 1. The predicted octanol–water partition coefficient (Wildman–Crippen LogP) is 2.32. The first-order valence-electron chi connectivity index (χ1n) is 11.0. The molecule has 0 unspecified atom stereocenters. The van der Waals surface area contributed by atoms with Gasteiger partial charge in [0.25, 0.3) is 5.91 Å². The van der Waals surface area contributed by atoms with Gasteiger partial charge >= 0.3 is 0 Å². The Morgan fingerprint density at radius 2 is 1.83 bits per heavy atom. The lowest BCUT2D eigenvalue weighted by Gasteiger charge is -2.18. The molecule has 12 heteroatoms. The second-order valence-corrected chi connectivity index (χ2v) is 8.07. The van der Waals surface area contributed by atoms with Gasteiger partial charge in [0, 0.05) is 42.2 Å². The van der Waals surface area contributed by atoms with Gasteiger partial charge in [0.15, 0.2) is 0 Å². The molecule has 0 saturated carbocycles. The third-order valence-electron chi connectivity index (χ3n) is 5.56. The van der Waals surface area contributed by atoms with Crippen molar-refractivity contribution in [3.63, 3.8) is 0 Å². The average molecular weight is 491 g/mol. The molecule has 12 nitrogen and oxygen atoms in total. The van der Waals surface area contributed by atoms with Crippen molar-refractivity contribution in [3.05, 3.63) is 53.6 Å². The number of methoxy groups -OCH3 is 1. The summed E-state index contributed by atoms with van der Waals surface area (Å²) in [4.78, 5) is 34.6. The lowest BCUT2D eigenvalue weighted by Crippen LogP contribution is -2.26. The highest BCUT2D eigenvalue weighted by atomic mass is 16.5. The molecule has 4 aromatic rings. The normalized spacial score (nSPS) is 10.8. The minimum absolute atomic E-state index is 0.144. The number of nitrogens with two attached hydrogens (primary N) is 1. The molecule has 0 aliphatic heterocycles. The van der Waals surface area contributed by atoms with E-state index in [-0.39, 0.29) is 11.5 Å². The summed E-state index contributed by atoms with van der Waals surface area (Å²) in [5.74, 6) is 1.00. The SMILES string of the molecule is COc1ncc(-c2cc(OCCN(C)c3ncc(C(=O)NO)cn3)c3nc(N)nc(C)c3c2)cc1C. The zero-order valence-electron chi connectivity index (χ0n) is 20.3. The van der Waals surface area contributed by atoms with Crippen molar-refractivity contribution in [1.29, 1.82) is 0 Å². The number of pyridine rings is 1. The quantitative estimate of drug-likeness (QED) is 0.245. The molecule has 4 rings (SSSR count). The van der Waals surface area contributed by atoms with E-state index in [0.29, 0.717) is 36.2 Å². The Kier molecular flexibility index (Phi) is 7.06. The van der Waals surface area contributed by atoms with Gasteiger partial charge in [-0.25, -0.2) is 30.4 Å².